The van der Waals surface area contributed by atoms with Gasteiger partial charge in [-0.05, 0) is 29.8 Å². The number of likely N-dealkylation sites (N-methyl/N-ethyl adjacent to an activating group) is 1. The van der Waals surface area contributed by atoms with Crippen molar-refractivity contribution in [2.24, 2.45) is 0 Å². The molecule has 0 saturated heterocycles. The van der Waals surface area contributed by atoms with Crippen LogP contribution in [0.5, 0.6) is 0 Å². The minimum atomic E-state index is -0.342. The summed E-state index contributed by atoms with van der Waals surface area (Å²) in [6, 6.07) is 7.76. The number of nitrogens with zero attached hydrogens (tertiary/aromatic N) is 1. The van der Waals surface area contributed by atoms with Crippen LogP contribution < -0.4 is 0 Å². The summed E-state index contributed by atoms with van der Waals surface area (Å²) < 4.78 is 0. The average Bonchev–Trinajstić information content (AvgIpc) is 2.20. The monoisotopic (exact) mass is 241 g/mol. The van der Waals surface area contributed by atoms with Crippen LogP contribution in [0.4, 0.5) is 0 Å². The fourth-order valence-corrected chi connectivity index (χ4v) is 1.64. The van der Waals surface area contributed by atoms with Crippen LogP contribution in [0.1, 0.15) is 11.1 Å². The Morgan fingerprint density at radius 1 is 1.31 bits per heavy atom. The van der Waals surface area contributed by atoms with Crippen molar-refractivity contribution >= 4 is 16.8 Å². The highest BCUT2D eigenvalue weighted by molar-refractivity contribution is 6.63. The van der Waals surface area contributed by atoms with E-state index >= 15 is 0 Å². The number of halogens is 1. The highest BCUT2D eigenvalue weighted by Crippen LogP contribution is 2.08. The van der Waals surface area contributed by atoms with Crippen molar-refractivity contribution in [1.29, 1.82) is 0 Å². The van der Waals surface area contributed by atoms with Crippen molar-refractivity contribution in [3.63, 3.8) is 0 Å². The van der Waals surface area contributed by atoms with E-state index in [1.165, 1.54) is 0 Å². The summed E-state index contributed by atoms with van der Waals surface area (Å²) in [6.07, 6.45) is 0.272. The third kappa shape index (κ3) is 4.75. The number of carbonyl (C=O) groups excluding carboxylic acids is 1. The molecular formula is C12H16ClNO2. The molecule has 0 bridgehead atoms. The zero-order valence-corrected chi connectivity index (χ0v) is 10.1. The first kappa shape index (κ1) is 13.2. The standard InChI is InChI=1S/C12H16ClNO2/c1-14(6-7-15)9-11-4-2-10(3-5-11)8-12(13)16/h2-5,15H,6-9H2,1H3. The molecule has 1 rings (SSSR count). The van der Waals surface area contributed by atoms with Crippen molar-refractivity contribution in [2.75, 3.05) is 20.2 Å². The molecule has 0 fully saturated rings. The third-order valence-corrected chi connectivity index (χ3v) is 2.43. The van der Waals surface area contributed by atoms with E-state index in [1.807, 2.05) is 36.2 Å². The molecule has 0 radical (unpaired) electrons. The van der Waals surface area contributed by atoms with Crippen LogP contribution in [-0.2, 0) is 17.8 Å². The Balaban J connectivity index is 2.54. The first-order valence-electron chi connectivity index (χ1n) is 5.17. The van der Waals surface area contributed by atoms with Crippen molar-refractivity contribution in [3.8, 4) is 0 Å². The average molecular weight is 242 g/mol. The second kappa shape index (κ2) is 6.63. The molecule has 1 aromatic rings. The van der Waals surface area contributed by atoms with Gasteiger partial charge in [-0.2, -0.15) is 0 Å². The zero-order valence-electron chi connectivity index (χ0n) is 9.32. The second-order valence-corrected chi connectivity index (χ2v) is 4.23. The Labute approximate surface area is 101 Å². The van der Waals surface area contributed by atoms with E-state index in [1.54, 1.807) is 0 Å². The van der Waals surface area contributed by atoms with Crippen LogP contribution in [0.25, 0.3) is 0 Å². The molecule has 1 aromatic carbocycles. The fourth-order valence-electron chi connectivity index (χ4n) is 1.48. The molecule has 0 aliphatic rings. The van der Waals surface area contributed by atoms with E-state index in [2.05, 4.69) is 0 Å². The Morgan fingerprint density at radius 2 is 1.88 bits per heavy atom. The van der Waals surface area contributed by atoms with Gasteiger partial charge in [0.2, 0.25) is 5.24 Å². The van der Waals surface area contributed by atoms with Crippen LogP contribution in [0.15, 0.2) is 24.3 Å². The molecule has 4 heteroatoms. The minimum Gasteiger partial charge on any atom is -0.395 e. The summed E-state index contributed by atoms with van der Waals surface area (Å²) in [5, 5.41) is 8.42. The summed E-state index contributed by atoms with van der Waals surface area (Å²) >= 11 is 5.30. The molecule has 3 nitrogen and oxygen atoms in total. The number of aliphatic hydroxyl groups excluding tert-OH is 1. The SMILES string of the molecule is CN(CCO)Cc1ccc(CC(=O)Cl)cc1. The highest BCUT2D eigenvalue weighted by atomic mass is 35.5. The highest BCUT2D eigenvalue weighted by Gasteiger charge is 2.02. The predicted molar refractivity (Wildman–Crippen MR) is 64.4 cm³/mol. The molecule has 1 N–H and O–H groups in total. The molecule has 0 aromatic heterocycles. The summed E-state index contributed by atoms with van der Waals surface area (Å²) in [5.74, 6) is 0. The lowest BCUT2D eigenvalue weighted by Crippen LogP contribution is -2.21. The van der Waals surface area contributed by atoms with Crippen LogP contribution in [0.3, 0.4) is 0 Å². The summed E-state index contributed by atoms with van der Waals surface area (Å²) in [4.78, 5) is 12.7. The third-order valence-electron chi connectivity index (χ3n) is 2.30. The van der Waals surface area contributed by atoms with Gasteiger partial charge in [-0.3, -0.25) is 9.69 Å². The summed E-state index contributed by atoms with van der Waals surface area (Å²) in [5.41, 5.74) is 2.08. The van der Waals surface area contributed by atoms with Crippen molar-refractivity contribution in [3.05, 3.63) is 35.4 Å². The maximum atomic E-state index is 10.7. The number of hydrogen-bond donors (Lipinski definition) is 1. The fraction of sp³-hybridized carbons (Fsp3) is 0.417. The summed E-state index contributed by atoms with van der Waals surface area (Å²) in [7, 11) is 1.95. The van der Waals surface area contributed by atoms with E-state index in [0.717, 1.165) is 17.7 Å². The quantitative estimate of drug-likeness (QED) is 0.766. The first-order valence-corrected chi connectivity index (χ1v) is 5.55. The van der Waals surface area contributed by atoms with Gasteiger partial charge in [-0.25, -0.2) is 0 Å². The molecule has 16 heavy (non-hydrogen) atoms. The van der Waals surface area contributed by atoms with E-state index < -0.39 is 0 Å². The molecule has 0 saturated carbocycles. The van der Waals surface area contributed by atoms with Gasteiger partial charge < -0.3 is 5.11 Å². The van der Waals surface area contributed by atoms with Crippen molar-refractivity contribution in [2.45, 2.75) is 13.0 Å². The number of carbonyl (C=O) groups is 1. The molecule has 0 atom stereocenters. The van der Waals surface area contributed by atoms with Crippen molar-refractivity contribution in [1.82, 2.24) is 4.90 Å². The van der Waals surface area contributed by atoms with E-state index in [9.17, 15) is 4.79 Å². The Kier molecular flexibility index (Phi) is 5.46. The maximum absolute atomic E-state index is 10.7. The van der Waals surface area contributed by atoms with Gasteiger partial charge in [0.1, 0.15) is 0 Å². The van der Waals surface area contributed by atoms with Gasteiger partial charge in [-0.1, -0.05) is 24.3 Å². The van der Waals surface area contributed by atoms with E-state index in [-0.39, 0.29) is 18.3 Å². The predicted octanol–water partition coefficient (Wildman–Crippen LogP) is 1.42. The molecule has 0 heterocycles. The Hall–Kier alpha value is -0.900. The second-order valence-electron chi connectivity index (χ2n) is 3.81. The molecule has 0 aliphatic carbocycles. The number of benzene rings is 1. The number of aliphatic hydroxyl groups is 1. The molecule has 0 aliphatic heterocycles. The topological polar surface area (TPSA) is 40.5 Å². The molecule has 0 spiro atoms. The van der Waals surface area contributed by atoms with Gasteiger partial charge in [-0.15, -0.1) is 0 Å². The van der Waals surface area contributed by atoms with E-state index in [4.69, 9.17) is 16.7 Å². The van der Waals surface area contributed by atoms with Gasteiger partial charge in [0, 0.05) is 19.5 Å². The summed E-state index contributed by atoms with van der Waals surface area (Å²) in [6.45, 7) is 1.60. The van der Waals surface area contributed by atoms with Crippen LogP contribution in [-0.4, -0.2) is 35.4 Å². The maximum Gasteiger partial charge on any atom is 0.226 e. The van der Waals surface area contributed by atoms with Gasteiger partial charge in [0.25, 0.3) is 0 Å². The smallest absolute Gasteiger partial charge is 0.226 e. The largest absolute Gasteiger partial charge is 0.395 e. The van der Waals surface area contributed by atoms with Gasteiger partial charge >= 0.3 is 0 Å². The molecular weight excluding hydrogens is 226 g/mol. The van der Waals surface area contributed by atoms with E-state index in [0.29, 0.717) is 6.54 Å². The number of rotatable bonds is 6. The lowest BCUT2D eigenvalue weighted by Gasteiger charge is -2.15. The van der Waals surface area contributed by atoms with Crippen LogP contribution >= 0.6 is 11.6 Å². The van der Waals surface area contributed by atoms with Crippen molar-refractivity contribution < 1.29 is 9.90 Å². The number of hydrogen-bond acceptors (Lipinski definition) is 3. The lowest BCUT2D eigenvalue weighted by molar-refractivity contribution is -0.111. The normalized spacial score (nSPS) is 10.8. The Morgan fingerprint density at radius 3 is 2.38 bits per heavy atom. The molecule has 0 unspecified atom stereocenters. The lowest BCUT2D eigenvalue weighted by atomic mass is 10.1. The van der Waals surface area contributed by atoms with Crippen LogP contribution in [0.2, 0.25) is 0 Å². The van der Waals surface area contributed by atoms with Gasteiger partial charge in [0.15, 0.2) is 0 Å². The van der Waals surface area contributed by atoms with Crippen LogP contribution in [0, 0.1) is 0 Å². The zero-order chi connectivity index (χ0) is 12.0. The first-order chi connectivity index (χ1) is 7.61. The Bertz CT molecular complexity index is 337. The minimum absolute atomic E-state index is 0.162. The van der Waals surface area contributed by atoms with Gasteiger partial charge in [0.05, 0.1) is 6.61 Å². The molecule has 0 amide bonds. The molecule has 88 valence electrons.